The van der Waals surface area contributed by atoms with Gasteiger partial charge in [0.1, 0.15) is 0 Å². The molecule has 0 bridgehead atoms. The molecule has 2 heteroatoms. The summed E-state index contributed by atoms with van der Waals surface area (Å²) in [6.07, 6.45) is 6.39. The molecule has 0 saturated heterocycles. The molecule has 2 saturated carbocycles. The van der Waals surface area contributed by atoms with Crippen molar-refractivity contribution in [2.24, 2.45) is 5.73 Å². The van der Waals surface area contributed by atoms with Gasteiger partial charge in [0.2, 0.25) is 0 Å². The fourth-order valence-corrected chi connectivity index (χ4v) is 3.14. The Kier molecular flexibility index (Phi) is 2.29. The van der Waals surface area contributed by atoms with E-state index >= 15 is 0 Å². The van der Waals surface area contributed by atoms with Gasteiger partial charge in [-0.2, -0.15) is 0 Å². The van der Waals surface area contributed by atoms with E-state index in [1.165, 1.54) is 29.7 Å². The maximum Gasteiger partial charge on any atom is 0.0409 e. The lowest BCUT2D eigenvalue weighted by molar-refractivity contribution is 0.253. The highest BCUT2D eigenvalue weighted by atomic mass is 32.2. The Labute approximate surface area is 95.4 Å². The third-order valence-electron chi connectivity index (χ3n) is 3.50. The highest BCUT2D eigenvalue weighted by Gasteiger charge is 2.34. The molecule has 2 fully saturated rings. The van der Waals surface area contributed by atoms with Crippen LogP contribution in [0.5, 0.6) is 0 Å². The normalized spacial score (nSPS) is 23.5. The molecular formula is C13H17NS. The van der Waals surface area contributed by atoms with E-state index in [1.54, 1.807) is 0 Å². The molecule has 1 aromatic carbocycles. The standard InChI is InChI=1S/C13H17NS/c14-13(8-1-9-13)10-2-4-11(5-3-10)15-12-6-7-12/h2-5,12H,1,6-9,14H2. The maximum atomic E-state index is 6.28. The molecule has 0 spiro atoms. The number of thioether (sulfide) groups is 1. The molecular weight excluding hydrogens is 202 g/mol. The zero-order valence-electron chi connectivity index (χ0n) is 8.91. The van der Waals surface area contributed by atoms with Crippen molar-refractivity contribution in [1.82, 2.24) is 0 Å². The van der Waals surface area contributed by atoms with Crippen molar-refractivity contribution in [3.8, 4) is 0 Å². The second kappa shape index (κ2) is 3.53. The molecule has 0 amide bonds. The van der Waals surface area contributed by atoms with Crippen LogP contribution in [0, 0.1) is 0 Å². The number of rotatable bonds is 3. The van der Waals surface area contributed by atoms with Crippen LogP contribution in [0.4, 0.5) is 0 Å². The highest BCUT2D eigenvalue weighted by molar-refractivity contribution is 8.00. The lowest BCUT2D eigenvalue weighted by atomic mass is 9.73. The summed E-state index contributed by atoms with van der Waals surface area (Å²) in [6.45, 7) is 0. The van der Waals surface area contributed by atoms with E-state index in [-0.39, 0.29) is 5.54 Å². The van der Waals surface area contributed by atoms with Crippen LogP contribution in [0.1, 0.15) is 37.7 Å². The van der Waals surface area contributed by atoms with E-state index in [9.17, 15) is 0 Å². The second-order valence-corrected chi connectivity index (χ2v) is 6.23. The average molecular weight is 219 g/mol. The van der Waals surface area contributed by atoms with Gasteiger partial charge in [-0.3, -0.25) is 0 Å². The van der Waals surface area contributed by atoms with Crippen LogP contribution in [0.2, 0.25) is 0 Å². The summed E-state index contributed by atoms with van der Waals surface area (Å²) >= 11 is 2.01. The molecule has 0 atom stereocenters. The molecule has 0 unspecified atom stereocenters. The highest BCUT2D eigenvalue weighted by Crippen LogP contribution is 2.41. The van der Waals surface area contributed by atoms with Crippen molar-refractivity contribution in [2.75, 3.05) is 0 Å². The first kappa shape index (κ1) is 9.73. The van der Waals surface area contributed by atoms with Crippen LogP contribution in [-0.4, -0.2) is 5.25 Å². The first-order chi connectivity index (χ1) is 7.26. The third-order valence-corrected chi connectivity index (χ3v) is 4.85. The smallest absolute Gasteiger partial charge is 0.0409 e. The Morgan fingerprint density at radius 2 is 1.80 bits per heavy atom. The van der Waals surface area contributed by atoms with Gasteiger partial charge >= 0.3 is 0 Å². The third kappa shape index (κ3) is 1.93. The van der Waals surface area contributed by atoms with Gasteiger partial charge in [-0.15, -0.1) is 11.8 Å². The van der Waals surface area contributed by atoms with E-state index in [0.29, 0.717) is 0 Å². The monoisotopic (exact) mass is 219 g/mol. The zero-order chi connectivity index (χ0) is 10.3. The van der Waals surface area contributed by atoms with Crippen LogP contribution in [-0.2, 0) is 5.54 Å². The quantitative estimate of drug-likeness (QED) is 0.844. The summed E-state index contributed by atoms with van der Waals surface area (Å²) in [5, 5.41) is 0.895. The van der Waals surface area contributed by atoms with Crippen molar-refractivity contribution >= 4 is 11.8 Å². The predicted molar refractivity (Wildman–Crippen MR) is 65.0 cm³/mol. The van der Waals surface area contributed by atoms with Gasteiger partial charge in [0, 0.05) is 15.7 Å². The summed E-state index contributed by atoms with van der Waals surface area (Å²) in [6, 6.07) is 8.93. The SMILES string of the molecule is NC1(c2ccc(SC3CC3)cc2)CCC1. The van der Waals surface area contributed by atoms with Crippen molar-refractivity contribution in [3.63, 3.8) is 0 Å². The first-order valence-electron chi connectivity index (χ1n) is 5.82. The molecule has 2 aliphatic carbocycles. The van der Waals surface area contributed by atoms with Gasteiger partial charge in [-0.05, 0) is 49.8 Å². The van der Waals surface area contributed by atoms with Gasteiger partial charge in [-0.1, -0.05) is 12.1 Å². The molecule has 3 rings (SSSR count). The molecule has 2 aliphatic rings. The van der Waals surface area contributed by atoms with E-state index in [1.807, 2.05) is 11.8 Å². The van der Waals surface area contributed by atoms with Crippen molar-refractivity contribution < 1.29 is 0 Å². The molecule has 80 valence electrons. The van der Waals surface area contributed by atoms with E-state index in [0.717, 1.165) is 18.1 Å². The maximum absolute atomic E-state index is 6.28. The van der Waals surface area contributed by atoms with Crippen LogP contribution in [0.3, 0.4) is 0 Å². The lowest BCUT2D eigenvalue weighted by Crippen LogP contribution is -2.43. The fraction of sp³-hybridized carbons (Fsp3) is 0.538. The van der Waals surface area contributed by atoms with E-state index < -0.39 is 0 Å². The van der Waals surface area contributed by atoms with Crippen molar-refractivity contribution in [3.05, 3.63) is 29.8 Å². The molecule has 0 aliphatic heterocycles. The molecule has 2 N–H and O–H groups in total. The predicted octanol–water partition coefficient (Wildman–Crippen LogP) is 3.28. The number of hydrogen-bond acceptors (Lipinski definition) is 2. The van der Waals surface area contributed by atoms with Gasteiger partial charge in [0.15, 0.2) is 0 Å². The fourth-order valence-electron chi connectivity index (χ4n) is 2.09. The molecule has 15 heavy (non-hydrogen) atoms. The van der Waals surface area contributed by atoms with Crippen LogP contribution in [0.15, 0.2) is 29.2 Å². The summed E-state index contributed by atoms with van der Waals surface area (Å²) in [4.78, 5) is 1.41. The van der Waals surface area contributed by atoms with Gasteiger partial charge < -0.3 is 5.73 Å². The Morgan fingerprint density at radius 3 is 2.27 bits per heavy atom. The van der Waals surface area contributed by atoms with Gasteiger partial charge in [0.05, 0.1) is 0 Å². The zero-order valence-corrected chi connectivity index (χ0v) is 9.72. The summed E-state index contributed by atoms with van der Waals surface area (Å²) in [5.41, 5.74) is 7.61. The minimum absolute atomic E-state index is 0.00276. The van der Waals surface area contributed by atoms with Gasteiger partial charge in [-0.25, -0.2) is 0 Å². The van der Waals surface area contributed by atoms with Crippen molar-refractivity contribution in [1.29, 1.82) is 0 Å². The van der Waals surface area contributed by atoms with Crippen LogP contribution >= 0.6 is 11.8 Å². The Hall–Kier alpha value is -0.470. The number of benzene rings is 1. The molecule has 1 nitrogen and oxygen atoms in total. The van der Waals surface area contributed by atoms with Crippen LogP contribution < -0.4 is 5.73 Å². The number of nitrogens with two attached hydrogens (primary N) is 1. The van der Waals surface area contributed by atoms with Crippen molar-refractivity contribution in [2.45, 2.75) is 47.8 Å². The minimum Gasteiger partial charge on any atom is -0.321 e. The minimum atomic E-state index is 0.00276. The second-order valence-electron chi connectivity index (χ2n) is 4.85. The number of hydrogen-bond donors (Lipinski definition) is 1. The lowest BCUT2D eigenvalue weighted by Gasteiger charge is -2.38. The molecule has 0 radical (unpaired) electrons. The first-order valence-corrected chi connectivity index (χ1v) is 6.70. The van der Waals surface area contributed by atoms with E-state index in [2.05, 4.69) is 24.3 Å². The molecule has 1 aromatic rings. The largest absolute Gasteiger partial charge is 0.321 e. The molecule has 0 aromatic heterocycles. The van der Waals surface area contributed by atoms with E-state index in [4.69, 9.17) is 5.73 Å². The average Bonchev–Trinajstić information content (AvgIpc) is 2.99. The topological polar surface area (TPSA) is 26.0 Å². The summed E-state index contributed by atoms with van der Waals surface area (Å²) < 4.78 is 0. The Bertz CT molecular complexity index is 349. The Morgan fingerprint density at radius 1 is 1.13 bits per heavy atom. The molecule has 0 heterocycles. The summed E-state index contributed by atoms with van der Waals surface area (Å²) in [5.74, 6) is 0. The summed E-state index contributed by atoms with van der Waals surface area (Å²) in [7, 11) is 0. The van der Waals surface area contributed by atoms with Gasteiger partial charge in [0.25, 0.3) is 0 Å². The van der Waals surface area contributed by atoms with Crippen LogP contribution in [0.25, 0.3) is 0 Å². The Balaban J connectivity index is 1.74.